The van der Waals surface area contributed by atoms with Gasteiger partial charge in [-0.15, -0.1) is 0 Å². The Labute approximate surface area is 120 Å². The number of thiocarbonyl (C=S) groups is 1. The van der Waals surface area contributed by atoms with Crippen molar-refractivity contribution in [2.45, 2.75) is 38.3 Å². The first-order valence-electron chi connectivity index (χ1n) is 7.07. The molecule has 2 fully saturated rings. The Bertz CT molecular complexity index is 337. The van der Waals surface area contributed by atoms with E-state index in [1.54, 1.807) is 0 Å². The number of carbonyl (C=O) groups is 1. The van der Waals surface area contributed by atoms with Gasteiger partial charge in [-0.05, 0) is 19.3 Å². The molecule has 0 radical (unpaired) electrons. The molecule has 0 aromatic heterocycles. The molecule has 2 saturated heterocycles. The van der Waals surface area contributed by atoms with Crippen molar-refractivity contribution in [3.05, 3.63) is 0 Å². The van der Waals surface area contributed by atoms with Crippen LogP contribution in [0.2, 0.25) is 0 Å². The van der Waals surface area contributed by atoms with Crippen molar-refractivity contribution in [2.75, 3.05) is 32.8 Å². The number of amides is 1. The number of nitrogens with two attached hydrogens (primary N) is 1. The fourth-order valence-corrected chi connectivity index (χ4v) is 3.19. The summed E-state index contributed by atoms with van der Waals surface area (Å²) in [6.07, 6.45) is 2.58. The van der Waals surface area contributed by atoms with Gasteiger partial charge in [0.1, 0.15) is 6.10 Å². The van der Waals surface area contributed by atoms with E-state index < -0.39 is 0 Å². The van der Waals surface area contributed by atoms with Crippen molar-refractivity contribution in [3.8, 4) is 0 Å². The summed E-state index contributed by atoms with van der Waals surface area (Å²) in [4.78, 5) is 17.0. The lowest BCUT2D eigenvalue weighted by molar-refractivity contribution is -0.142. The van der Waals surface area contributed by atoms with Crippen molar-refractivity contribution in [2.24, 2.45) is 5.73 Å². The average molecular weight is 285 g/mol. The normalized spacial score (nSPS) is 26.4. The number of piperazine rings is 1. The smallest absolute Gasteiger partial charge is 0.251 e. The van der Waals surface area contributed by atoms with Gasteiger partial charge in [-0.1, -0.05) is 19.1 Å². The number of ether oxygens (including phenoxy) is 1. The van der Waals surface area contributed by atoms with E-state index in [0.717, 1.165) is 52.0 Å². The summed E-state index contributed by atoms with van der Waals surface area (Å²) in [5, 5.41) is 0. The van der Waals surface area contributed by atoms with E-state index in [1.807, 2.05) is 4.90 Å². The second-order valence-electron chi connectivity index (χ2n) is 5.19. The third kappa shape index (κ3) is 3.43. The molecular formula is C13H23N3O2S. The molecule has 5 nitrogen and oxygen atoms in total. The quantitative estimate of drug-likeness (QED) is 0.757. The number of carbonyl (C=O) groups excluding carboxylic acids is 1. The molecule has 0 aliphatic carbocycles. The third-order valence-corrected chi connectivity index (χ3v) is 4.26. The first-order valence-corrected chi connectivity index (χ1v) is 7.48. The van der Waals surface area contributed by atoms with Crippen LogP contribution in [0.25, 0.3) is 0 Å². The van der Waals surface area contributed by atoms with Gasteiger partial charge in [-0.2, -0.15) is 0 Å². The monoisotopic (exact) mass is 285 g/mol. The molecule has 2 N–H and O–H groups in total. The average Bonchev–Trinajstić information content (AvgIpc) is 2.93. The lowest BCUT2D eigenvalue weighted by Crippen LogP contribution is -2.56. The Morgan fingerprint density at radius 3 is 2.58 bits per heavy atom. The first kappa shape index (κ1) is 14.7. The van der Waals surface area contributed by atoms with Gasteiger partial charge in [0.05, 0.1) is 11.0 Å². The van der Waals surface area contributed by atoms with Crippen LogP contribution in [0.3, 0.4) is 0 Å². The first-order chi connectivity index (χ1) is 9.13. The maximum Gasteiger partial charge on any atom is 0.251 e. The highest BCUT2D eigenvalue weighted by atomic mass is 32.1. The van der Waals surface area contributed by atoms with Crippen LogP contribution in [0.15, 0.2) is 0 Å². The van der Waals surface area contributed by atoms with Crippen molar-refractivity contribution in [3.63, 3.8) is 0 Å². The predicted molar refractivity (Wildman–Crippen MR) is 78.0 cm³/mol. The van der Waals surface area contributed by atoms with Crippen LogP contribution in [0.4, 0.5) is 0 Å². The van der Waals surface area contributed by atoms with Crippen LogP contribution in [0.1, 0.15) is 26.2 Å². The van der Waals surface area contributed by atoms with Gasteiger partial charge in [0, 0.05) is 32.8 Å². The third-order valence-electron chi connectivity index (χ3n) is 3.99. The minimum absolute atomic E-state index is 0.153. The highest BCUT2D eigenvalue weighted by Crippen LogP contribution is 2.17. The second-order valence-corrected chi connectivity index (χ2v) is 5.66. The zero-order valence-electron chi connectivity index (χ0n) is 11.5. The zero-order chi connectivity index (χ0) is 13.8. The van der Waals surface area contributed by atoms with Crippen molar-refractivity contribution in [1.29, 1.82) is 0 Å². The molecule has 6 heteroatoms. The van der Waals surface area contributed by atoms with Crippen LogP contribution >= 0.6 is 12.2 Å². The maximum atomic E-state index is 12.2. The molecule has 2 heterocycles. The molecule has 0 bridgehead atoms. The lowest BCUT2D eigenvalue weighted by atomic mass is 10.1. The van der Waals surface area contributed by atoms with Crippen molar-refractivity contribution in [1.82, 2.24) is 9.80 Å². The summed E-state index contributed by atoms with van der Waals surface area (Å²) in [6.45, 7) is 5.99. The van der Waals surface area contributed by atoms with E-state index in [9.17, 15) is 4.79 Å². The van der Waals surface area contributed by atoms with Crippen LogP contribution in [0.5, 0.6) is 0 Å². The fourth-order valence-electron chi connectivity index (χ4n) is 2.87. The summed E-state index contributed by atoms with van der Waals surface area (Å²) >= 11 is 5.10. The Morgan fingerprint density at radius 1 is 1.42 bits per heavy atom. The number of hydrogen-bond acceptors (Lipinski definition) is 4. The van der Waals surface area contributed by atoms with E-state index in [-0.39, 0.29) is 18.1 Å². The minimum atomic E-state index is -0.205. The molecule has 2 unspecified atom stereocenters. The summed E-state index contributed by atoms with van der Waals surface area (Å²) in [5.74, 6) is 0.153. The molecule has 2 rings (SSSR count). The van der Waals surface area contributed by atoms with E-state index in [4.69, 9.17) is 22.7 Å². The SMILES string of the molecule is CCC(C(N)=S)N1CCN(C(=O)C2CCCO2)CC1. The summed E-state index contributed by atoms with van der Waals surface area (Å²) < 4.78 is 5.46. The Morgan fingerprint density at radius 2 is 2.11 bits per heavy atom. The topological polar surface area (TPSA) is 58.8 Å². The molecule has 19 heavy (non-hydrogen) atoms. The van der Waals surface area contributed by atoms with Gasteiger partial charge >= 0.3 is 0 Å². The predicted octanol–water partition coefficient (Wildman–Crippen LogP) is 0.374. The number of hydrogen-bond donors (Lipinski definition) is 1. The van der Waals surface area contributed by atoms with Gasteiger partial charge in [-0.3, -0.25) is 9.69 Å². The fraction of sp³-hybridized carbons (Fsp3) is 0.846. The van der Waals surface area contributed by atoms with E-state index in [0.29, 0.717) is 4.99 Å². The molecule has 2 aliphatic rings. The molecule has 2 atom stereocenters. The number of rotatable bonds is 4. The molecule has 0 aromatic rings. The largest absolute Gasteiger partial charge is 0.392 e. The highest BCUT2D eigenvalue weighted by molar-refractivity contribution is 7.80. The van der Waals surface area contributed by atoms with Crippen LogP contribution in [-0.4, -0.2) is 65.6 Å². The minimum Gasteiger partial charge on any atom is -0.392 e. The second kappa shape index (κ2) is 6.63. The van der Waals surface area contributed by atoms with E-state index >= 15 is 0 Å². The van der Waals surface area contributed by atoms with E-state index in [1.165, 1.54) is 0 Å². The molecule has 0 saturated carbocycles. The van der Waals surface area contributed by atoms with Gasteiger partial charge in [-0.25, -0.2) is 0 Å². The van der Waals surface area contributed by atoms with Gasteiger partial charge in [0.25, 0.3) is 5.91 Å². The molecular weight excluding hydrogens is 262 g/mol. The van der Waals surface area contributed by atoms with Crippen LogP contribution in [0, 0.1) is 0 Å². The summed E-state index contributed by atoms with van der Waals surface area (Å²) in [5.41, 5.74) is 5.76. The maximum absolute atomic E-state index is 12.2. The van der Waals surface area contributed by atoms with Gasteiger partial charge in [0.2, 0.25) is 0 Å². The Hall–Kier alpha value is -0.720. The molecule has 2 aliphatic heterocycles. The standard InChI is InChI=1S/C13H23N3O2S/c1-2-10(12(14)19)15-5-7-16(8-6-15)13(17)11-4-3-9-18-11/h10-11H,2-9H2,1H3,(H2,14,19). The van der Waals surface area contributed by atoms with Crippen LogP contribution < -0.4 is 5.73 Å². The van der Waals surface area contributed by atoms with Crippen LogP contribution in [-0.2, 0) is 9.53 Å². The summed E-state index contributed by atoms with van der Waals surface area (Å²) in [6, 6.07) is 0.162. The number of nitrogens with zero attached hydrogens (tertiary/aromatic N) is 2. The van der Waals surface area contributed by atoms with E-state index in [2.05, 4.69) is 11.8 Å². The van der Waals surface area contributed by atoms with Gasteiger partial charge < -0.3 is 15.4 Å². The van der Waals surface area contributed by atoms with Gasteiger partial charge in [0.15, 0.2) is 0 Å². The molecule has 0 spiro atoms. The molecule has 108 valence electrons. The molecule has 1 amide bonds. The highest BCUT2D eigenvalue weighted by Gasteiger charge is 2.31. The zero-order valence-corrected chi connectivity index (χ0v) is 12.3. The van der Waals surface area contributed by atoms with Crippen molar-refractivity contribution >= 4 is 23.1 Å². The Kier molecular flexibility index (Phi) is 5.13. The summed E-state index contributed by atoms with van der Waals surface area (Å²) in [7, 11) is 0. The molecule has 0 aromatic carbocycles. The Balaban J connectivity index is 1.84. The lowest BCUT2D eigenvalue weighted by Gasteiger charge is -2.39. The van der Waals surface area contributed by atoms with Crippen molar-refractivity contribution < 1.29 is 9.53 Å².